The highest BCUT2D eigenvalue weighted by Gasteiger charge is 2.22. The predicted molar refractivity (Wildman–Crippen MR) is 93.4 cm³/mol. The Morgan fingerprint density at radius 1 is 1.33 bits per heavy atom. The van der Waals surface area contributed by atoms with E-state index < -0.39 is 12.5 Å². The van der Waals surface area contributed by atoms with Gasteiger partial charge in [0.1, 0.15) is 0 Å². The van der Waals surface area contributed by atoms with E-state index in [1.807, 2.05) is 0 Å². The summed E-state index contributed by atoms with van der Waals surface area (Å²) in [5.41, 5.74) is 0.137. The lowest BCUT2D eigenvalue weighted by Gasteiger charge is -2.19. The van der Waals surface area contributed by atoms with Crippen molar-refractivity contribution in [3.05, 3.63) is 29.6 Å². The zero-order valence-electron chi connectivity index (χ0n) is 15.0. The molecule has 0 atom stereocenters. The largest absolute Gasteiger partial charge is 0.493 e. The Bertz CT molecular complexity index is 806. The van der Waals surface area contributed by atoms with E-state index in [4.69, 9.17) is 4.74 Å². The van der Waals surface area contributed by atoms with Gasteiger partial charge in [0.15, 0.2) is 17.3 Å². The molecule has 1 aromatic heterocycles. The number of halogens is 2. The summed E-state index contributed by atoms with van der Waals surface area (Å²) < 4.78 is 36.0. The highest BCUT2D eigenvalue weighted by atomic mass is 19.3. The number of carbonyl (C=O) groups excluding carboxylic acids is 1. The summed E-state index contributed by atoms with van der Waals surface area (Å²) in [6.07, 6.45) is 1.87. The summed E-state index contributed by atoms with van der Waals surface area (Å²) in [5, 5.41) is 10.3. The number of nitrogens with one attached hydrogen (secondary N) is 2. The number of rotatable bonds is 6. The molecular formula is C17H21F2N5O3. The van der Waals surface area contributed by atoms with Crippen molar-refractivity contribution in [2.75, 3.05) is 25.5 Å². The van der Waals surface area contributed by atoms with Gasteiger partial charge in [0.25, 0.3) is 5.91 Å². The maximum absolute atomic E-state index is 12.5. The molecule has 1 fully saturated rings. The molecule has 2 heterocycles. The predicted octanol–water partition coefficient (Wildman–Crippen LogP) is 2.14. The summed E-state index contributed by atoms with van der Waals surface area (Å²) in [4.78, 5) is 16.9. The van der Waals surface area contributed by atoms with E-state index in [0.717, 1.165) is 25.9 Å². The number of methoxy groups -OCH3 is 1. The van der Waals surface area contributed by atoms with Crippen molar-refractivity contribution in [2.45, 2.75) is 25.4 Å². The van der Waals surface area contributed by atoms with Gasteiger partial charge in [-0.2, -0.15) is 18.9 Å². The summed E-state index contributed by atoms with van der Waals surface area (Å²) in [7, 11) is 3.02. The van der Waals surface area contributed by atoms with Crippen molar-refractivity contribution < 1.29 is 23.0 Å². The first-order valence-corrected chi connectivity index (χ1v) is 8.53. The Labute approximate surface area is 154 Å². The van der Waals surface area contributed by atoms with Crippen LogP contribution >= 0.6 is 0 Å². The third-order valence-corrected chi connectivity index (χ3v) is 4.35. The highest BCUT2D eigenvalue weighted by Crippen LogP contribution is 2.30. The Morgan fingerprint density at radius 2 is 2.07 bits per heavy atom. The Hall–Kier alpha value is -2.75. The molecule has 2 aromatic rings. The molecule has 0 bridgehead atoms. The summed E-state index contributed by atoms with van der Waals surface area (Å²) in [6, 6.07) is 4.05. The van der Waals surface area contributed by atoms with E-state index in [1.165, 1.54) is 30.0 Å². The number of aromatic nitrogens is 3. The maximum atomic E-state index is 12.5. The zero-order valence-corrected chi connectivity index (χ0v) is 15.0. The van der Waals surface area contributed by atoms with Crippen molar-refractivity contribution in [2.24, 2.45) is 7.05 Å². The molecule has 0 aliphatic carbocycles. The molecule has 3 rings (SSSR count). The van der Waals surface area contributed by atoms with Gasteiger partial charge in [0.2, 0.25) is 5.95 Å². The van der Waals surface area contributed by atoms with Crippen LogP contribution in [-0.4, -0.2) is 47.5 Å². The monoisotopic (exact) mass is 381 g/mol. The van der Waals surface area contributed by atoms with Crippen molar-refractivity contribution in [3.8, 4) is 11.5 Å². The second-order valence-corrected chi connectivity index (χ2v) is 6.14. The normalized spacial score (nSPS) is 15.0. The van der Waals surface area contributed by atoms with E-state index in [-0.39, 0.29) is 23.0 Å². The van der Waals surface area contributed by atoms with Gasteiger partial charge in [-0.05, 0) is 44.1 Å². The van der Waals surface area contributed by atoms with Crippen LogP contribution in [0.3, 0.4) is 0 Å². The zero-order chi connectivity index (χ0) is 19.4. The van der Waals surface area contributed by atoms with Crippen LogP contribution in [0.1, 0.15) is 34.9 Å². The molecule has 1 aliphatic heterocycles. The summed E-state index contributed by atoms with van der Waals surface area (Å²) >= 11 is 0. The topological polar surface area (TPSA) is 90.3 Å². The minimum atomic E-state index is -3.02. The van der Waals surface area contributed by atoms with Gasteiger partial charge in [-0.3, -0.25) is 10.1 Å². The number of aryl methyl sites for hydroxylation is 1. The number of piperidine rings is 1. The molecule has 8 nitrogen and oxygen atoms in total. The van der Waals surface area contributed by atoms with Gasteiger partial charge in [-0.15, -0.1) is 0 Å². The number of amides is 1. The molecule has 146 valence electrons. The lowest BCUT2D eigenvalue weighted by Crippen LogP contribution is -2.27. The third-order valence-electron chi connectivity index (χ3n) is 4.35. The number of nitrogens with zero attached hydrogens (tertiary/aromatic N) is 3. The van der Waals surface area contributed by atoms with Gasteiger partial charge in [0, 0.05) is 18.5 Å². The first-order chi connectivity index (χ1) is 13.0. The van der Waals surface area contributed by atoms with Crippen molar-refractivity contribution in [1.29, 1.82) is 0 Å². The average Bonchev–Trinajstić information content (AvgIpc) is 3.02. The molecule has 27 heavy (non-hydrogen) atoms. The molecule has 1 amide bonds. The fourth-order valence-electron chi connectivity index (χ4n) is 2.95. The molecule has 10 heteroatoms. The molecule has 0 radical (unpaired) electrons. The molecule has 1 aromatic carbocycles. The number of hydrogen-bond acceptors (Lipinski definition) is 6. The third kappa shape index (κ3) is 4.51. The number of benzene rings is 1. The molecule has 1 aliphatic rings. The summed E-state index contributed by atoms with van der Waals surface area (Å²) in [6.45, 7) is -1.21. The lowest BCUT2D eigenvalue weighted by atomic mass is 9.98. The van der Waals surface area contributed by atoms with Crippen LogP contribution in [0.4, 0.5) is 14.7 Å². The SMILES string of the molecule is COc1ccc(C(=O)Nc2nc(C3CCNCC3)nn2C)cc1OC(F)F. The molecule has 0 unspecified atom stereocenters. The fourth-order valence-corrected chi connectivity index (χ4v) is 2.95. The minimum absolute atomic E-state index is 0.110. The number of alkyl halides is 2. The molecule has 0 spiro atoms. The van der Waals surface area contributed by atoms with Crippen LogP contribution in [0, 0.1) is 0 Å². The van der Waals surface area contributed by atoms with Gasteiger partial charge in [-0.25, -0.2) is 4.68 Å². The number of anilines is 1. The van der Waals surface area contributed by atoms with Gasteiger partial charge in [0.05, 0.1) is 7.11 Å². The Balaban J connectivity index is 1.76. The number of hydrogen-bond donors (Lipinski definition) is 2. The van der Waals surface area contributed by atoms with Gasteiger partial charge < -0.3 is 14.8 Å². The number of carbonyl (C=O) groups is 1. The van der Waals surface area contributed by atoms with Crippen LogP contribution in [-0.2, 0) is 7.05 Å². The molecular weight excluding hydrogens is 360 g/mol. The molecule has 0 saturated carbocycles. The second kappa shape index (κ2) is 8.30. The maximum Gasteiger partial charge on any atom is 0.387 e. The smallest absolute Gasteiger partial charge is 0.387 e. The van der Waals surface area contributed by atoms with Crippen LogP contribution in [0.5, 0.6) is 11.5 Å². The first-order valence-electron chi connectivity index (χ1n) is 8.53. The standard InChI is InChI=1S/C17H21F2N5O3/c1-24-17(21-14(23-24)10-5-7-20-8-6-10)22-15(25)11-3-4-12(26-2)13(9-11)27-16(18)19/h3-4,9-10,16,20H,5-8H2,1-2H3,(H,21,22,23,25). The van der Waals surface area contributed by atoms with Crippen LogP contribution < -0.4 is 20.1 Å². The van der Waals surface area contributed by atoms with Crippen molar-refractivity contribution in [1.82, 2.24) is 20.1 Å². The first kappa shape index (κ1) is 19.0. The van der Waals surface area contributed by atoms with Crippen molar-refractivity contribution in [3.63, 3.8) is 0 Å². The van der Waals surface area contributed by atoms with Crippen molar-refractivity contribution >= 4 is 11.9 Å². The van der Waals surface area contributed by atoms with Crippen LogP contribution in [0.15, 0.2) is 18.2 Å². The molecule has 1 saturated heterocycles. The Kier molecular flexibility index (Phi) is 5.84. The quantitative estimate of drug-likeness (QED) is 0.797. The Morgan fingerprint density at radius 3 is 2.74 bits per heavy atom. The average molecular weight is 381 g/mol. The van der Waals surface area contributed by atoms with E-state index in [0.29, 0.717) is 11.8 Å². The summed E-state index contributed by atoms with van der Waals surface area (Å²) in [5.74, 6) is 0.609. The van der Waals surface area contributed by atoms with Crippen LogP contribution in [0.2, 0.25) is 0 Å². The minimum Gasteiger partial charge on any atom is -0.493 e. The highest BCUT2D eigenvalue weighted by molar-refractivity contribution is 6.03. The lowest BCUT2D eigenvalue weighted by molar-refractivity contribution is -0.0512. The van der Waals surface area contributed by atoms with E-state index in [1.54, 1.807) is 7.05 Å². The fraction of sp³-hybridized carbons (Fsp3) is 0.471. The van der Waals surface area contributed by atoms with Gasteiger partial charge in [-0.1, -0.05) is 0 Å². The second-order valence-electron chi connectivity index (χ2n) is 6.14. The number of ether oxygens (including phenoxy) is 2. The van der Waals surface area contributed by atoms with E-state index >= 15 is 0 Å². The van der Waals surface area contributed by atoms with E-state index in [2.05, 4.69) is 25.5 Å². The van der Waals surface area contributed by atoms with Gasteiger partial charge >= 0.3 is 6.61 Å². The molecule has 2 N–H and O–H groups in total. The van der Waals surface area contributed by atoms with E-state index in [9.17, 15) is 13.6 Å². The van der Waals surface area contributed by atoms with Crippen LogP contribution in [0.25, 0.3) is 0 Å².